The summed E-state index contributed by atoms with van der Waals surface area (Å²) in [7, 11) is 6.24. The lowest BCUT2D eigenvalue weighted by Gasteiger charge is -2.40. The van der Waals surface area contributed by atoms with Gasteiger partial charge in [0, 0.05) is 5.92 Å². The molecule has 1 aliphatic carbocycles. The van der Waals surface area contributed by atoms with Gasteiger partial charge in [0.1, 0.15) is 6.10 Å². The van der Waals surface area contributed by atoms with Gasteiger partial charge in [-0.3, -0.25) is 0 Å². The maximum atomic E-state index is 6.24. The van der Waals surface area contributed by atoms with Crippen LogP contribution in [0.1, 0.15) is 40.0 Å². The van der Waals surface area contributed by atoms with Crippen molar-refractivity contribution < 1.29 is 4.74 Å². The topological polar surface area (TPSA) is 9.23 Å². The average Bonchev–Trinajstić information content (AvgIpc) is 2.32. The molecule has 0 aromatic rings. The maximum Gasteiger partial charge on any atom is 0.102 e. The second kappa shape index (κ2) is 2.80. The van der Waals surface area contributed by atoms with Crippen molar-refractivity contribution >= 4 is 7.85 Å². The quantitative estimate of drug-likeness (QED) is 0.515. The van der Waals surface area contributed by atoms with E-state index in [4.69, 9.17) is 12.6 Å². The molecule has 1 aliphatic heterocycles. The normalized spacial score (nSPS) is 44.5. The van der Waals surface area contributed by atoms with Crippen LogP contribution in [0.25, 0.3) is 0 Å². The lowest BCUT2D eigenvalue weighted by molar-refractivity contribution is 0.0486. The van der Waals surface area contributed by atoms with Crippen LogP contribution in [-0.2, 0) is 4.74 Å². The lowest BCUT2D eigenvalue weighted by Crippen LogP contribution is -2.36. The molecule has 2 aliphatic rings. The van der Waals surface area contributed by atoms with Gasteiger partial charge in [0.15, 0.2) is 0 Å². The van der Waals surface area contributed by atoms with Gasteiger partial charge in [-0.05, 0) is 31.2 Å². The molecule has 1 fully saturated rings. The van der Waals surface area contributed by atoms with Crippen molar-refractivity contribution in [3.8, 4) is 0 Å². The highest BCUT2D eigenvalue weighted by atomic mass is 16.5. The number of ether oxygens (including phenoxy) is 1. The number of hydrogen-bond acceptors (Lipinski definition) is 1. The zero-order valence-corrected chi connectivity index (χ0v) is 8.76. The Bertz CT molecular complexity index is 255. The first-order valence-electron chi connectivity index (χ1n) is 5.15. The summed E-state index contributed by atoms with van der Waals surface area (Å²) in [6, 6.07) is 0. The zero-order valence-electron chi connectivity index (χ0n) is 8.76. The second-order valence-corrected chi connectivity index (χ2v) is 4.78. The van der Waals surface area contributed by atoms with Crippen LogP contribution in [0.3, 0.4) is 0 Å². The van der Waals surface area contributed by atoms with Gasteiger partial charge in [0.05, 0.1) is 13.6 Å². The zero-order chi connectivity index (χ0) is 9.64. The van der Waals surface area contributed by atoms with Crippen LogP contribution >= 0.6 is 0 Å². The number of rotatable bonds is 0. The van der Waals surface area contributed by atoms with Crippen LogP contribution in [0.4, 0.5) is 0 Å². The first-order valence-corrected chi connectivity index (χ1v) is 5.15. The van der Waals surface area contributed by atoms with E-state index in [2.05, 4.69) is 20.8 Å². The summed E-state index contributed by atoms with van der Waals surface area (Å²) in [6.45, 7) is 6.36. The molecule has 3 unspecified atom stereocenters. The molecule has 2 rings (SSSR count). The predicted molar refractivity (Wildman–Crippen MR) is 54.7 cm³/mol. The predicted octanol–water partition coefficient (Wildman–Crippen LogP) is 2.83. The third-order valence-corrected chi connectivity index (χ3v) is 3.66. The highest BCUT2D eigenvalue weighted by Crippen LogP contribution is 2.51. The van der Waals surface area contributed by atoms with Crippen molar-refractivity contribution in [1.29, 1.82) is 0 Å². The Balaban J connectivity index is 2.25. The Labute approximate surface area is 82.0 Å². The molecule has 70 valence electrons. The fraction of sp³-hybridized carbons (Fsp3) is 0.818. The fourth-order valence-electron chi connectivity index (χ4n) is 2.66. The van der Waals surface area contributed by atoms with Gasteiger partial charge in [-0.2, -0.15) is 0 Å². The fourth-order valence-corrected chi connectivity index (χ4v) is 2.66. The molecule has 0 aromatic heterocycles. The minimum atomic E-state index is -0.123. The molecule has 2 radical (unpaired) electrons. The molecule has 0 saturated heterocycles. The third kappa shape index (κ3) is 1.31. The number of fused-ring (bicyclic) bond motifs is 1. The van der Waals surface area contributed by atoms with Crippen LogP contribution in [-0.4, -0.2) is 14.0 Å². The van der Waals surface area contributed by atoms with Gasteiger partial charge in [0.2, 0.25) is 0 Å². The molecule has 0 N–H and O–H groups in total. The summed E-state index contributed by atoms with van der Waals surface area (Å²) in [5.74, 6) is 1.69. The van der Waals surface area contributed by atoms with Crippen LogP contribution in [0, 0.1) is 5.92 Å². The second-order valence-electron chi connectivity index (χ2n) is 4.78. The van der Waals surface area contributed by atoms with E-state index in [-0.39, 0.29) is 11.4 Å². The Morgan fingerprint density at radius 1 is 1.46 bits per heavy atom. The van der Waals surface area contributed by atoms with Crippen LogP contribution in [0.15, 0.2) is 11.3 Å². The van der Waals surface area contributed by atoms with Crippen LogP contribution < -0.4 is 0 Å². The standard InChI is InChI=1S/C11H17BO/c1-7-8(2)13-10-9(7)5-4-6-11(10,3)12/h9-10H,4-6H2,1-3H3. The van der Waals surface area contributed by atoms with Crippen molar-refractivity contribution in [2.45, 2.75) is 51.5 Å². The molecular formula is C11H17BO. The Morgan fingerprint density at radius 2 is 2.15 bits per heavy atom. The maximum absolute atomic E-state index is 6.24. The van der Waals surface area contributed by atoms with Gasteiger partial charge in [0.25, 0.3) is 0 Å². The van der Waals surface area contributed by atoms with Gasteiger partial charge in [-0.25, -0.2) is 0 Å². The van der Waals surface area contributed by atoms with Gasteiger partial charge in [-0.1, -0.05) is 19.8 Å². The lowest BCUT2D eigenvalue weighted by atomic mass is 9.56. The van der Waals surface area contributed by atoms with Gasteiger partial charge in [-0.15, -0.1) is 0 Å². The Morgan fingerprint density at radius 3 is 2.77 bits per heavy atom. The van der Waals surface area contributed by atoms with Crippen molar-refractivity contribution in [2.75, 3.05) is 0 Å². The minimum absolute atomic E-state index is 0.123. The molecule has 0 aromatic carbocycles. The largest absolute Gasteiger partial charge is 0.495 e. The highest BCUT2D eigenvalue weighted by Gasteiger charge is 2.44. The van der Waals surface area contributed by atoms with E-state index < -0.39 is 0 Å². The number of allylic oxidation sites excluding steroid dienone is 1. The summed E-state index contributed by atoms with van der Waals surface area (Å²) in [6.07, 6.45) is 3.82. The first kappa shape index (κ1) is 9.17. The Hall–Kier alpha value is -0.395. The molecule has 1 heterocycles. The molecular weight excluding hydrogens is 159 g/mol. The monoisotopic (exact) mass is 176 g/mol. The summed E-state index contributed by atoms with van der Waals surface area (Å²) < 4.78 is 5.85. The van der Waals surface area contributed by atoms with E-state index in [0.717, 1.165) is 12.2 Å². The Kier molecular flexibility index (Phi) is 1.97. The molecule has 1 saturated carbocycles. The molecule has 1 nitrogen and oxygen atoms in total. The van der Waals surface area contributed by atoms with Crippen molar-refractivity contribution in [3.63, 3.8) is 0 Å². The van der Waals surface area contributed by atoms with Crippen LogP contribution in [0.5, 0.6) is 0 Å². The molecule has 0 amide bonds. The molecule has 3 atom stereocenters. The summed E-state index contributed by atoms with van der Waals surface area (Å²) in [5.41, 5.74) is 1.42. The van der Waals surface area contributed by atoms with E-state index in [1.165, 1.54) is 18.4 Å². The highest BCUT2D eigenvalue weighted by molar-refractivity contribution is 6.15. The van der Waals surface area contributed by atoms with Crippen molar-refractivity contribution in [1.82, 2.24) is 0 Å². The molecule has 13 heavy (non-hydrogen) atoms. The van der Waals surface area contributed by atoms with E-state index in [1.807, 2.05) is 0 Å². The van der Waals surface area contributed by atoms with Crippen LogP contribution in [0.2, 0.25) is 5.31 Å². The summed E-state index contributed by atoms with van der Waals surface area (Å²) in [5, 5.41) is -0.123. The molecule has 0 bridgehead atoms. The van der Waals surface area contributed by atoms with Gasteiger partial charge >= 0.3 is 0 Å². The average molecular weight is 176 g/mol. The van der Waals surface area contributed by atoms with Gasteiger partial charge < -0.3 is 4.74 Å². The third-order valence-electron chi connectivity index (χ3n) is 3.66. The first-order chi connectivity index (χ1) is 6.02. The SMILES string of the molecule is [B]C1(C)CCCC2C(C)=C(C)OC21. The van der Waals surface area contributed by atoms with E-state index in [0.29, 0.717) is 5.92 Å². The molecule has 2 heteroatoms. The summed E-state index contributed by atoms with van der Waals surface area (Å²) >= 11 is 0. The van der Waals surface area contributed by atoms with E-state index in [1.54, 1.807) is 0 Å². The van der Waals surface area contributed by atoms with E-state index in [9.17, 15) is 0 Å². The summed E-state index contributed by atoms with van der Waals surface area (Å²) in [4.78, 5) is 0. The minimum Gasteiger partial charge on any atom is -0.495 e. The smallest absolute Gasteiger partial charge is 0.102 e. The van der Waals surface area contributed by atoms with Crippen molar-refractivity contribution in [3.05, 3.63) is 11.3 Å². The number of hydrogen-bond donors (Lipinski definition) is 0. The van der Waals surface area contributed by atoms with E-state index >= 15 is 0 Å². The van der Waals surface area contributed by atoms with Crippen molar-refractivity contribution in [2.24, 2.45) is 5.92 Å². The molecule has 0 spiro atoms.